The smallest absolute Gasteiger partial charge is 0.216 e. The first kappa shape index (κ1) is 21.3. The Balaban J connectivity index is 1.81. The summed E-state index contributed by atoms with van der Waals surface area (Å²) in [4.78, 5) is 24.2. The van der Waals surface area contributed by atoms with Crippen LogP contribution in [0, 0.1) is 3.57 Å². The van der Waals surface area contributed by atoms with Crippen LogP contribution in [0.3, 0.4) is 0 Å². The van der Waals surface area contributed by atoms with Crippen molar-refractivity contribution in [2.24, 2.45) is 0 Å². The van der Waals surface area contributed by atoms with E-state index in [1.165, 1.54) is 30.0 Å². The summed E-state index contributed by atoms with van der Waals surface area (Å²) in [7, 11) is 0. The minimum Gasteiger partial charge on any atom is -0.356 e. The first-order valence-corrected chi connectivity index (χ1v) is 11.6. The summed E-state index contributed by atoms with van der Waals surface area (Å²) in [5.41, 5.74) is 0.914. The molecule has 3 rings (SSSR count). The number of ketones is 1. The summed E-state index contributed by atoms with van der Waals surface area (Å²) in [5, 5.41) is 12.0. The number of aromatic nitrogens is 3. The Morgan fingerprint density at radius 2 is 1.96 bits per heavy atom. The predicted molar refractivity (Wildman–Crippen MR) is 121 cm³/mol. The van der Waals surface area contributed by atoms with Gasteiger partial charge in [-0.3, -0.25) is 14.2 Å². The molecule has 0 saturated heterocycles. The quantitative estimate of drug-likeness (QED) is 0.260. The molecule has 0 aliphatic carbocycles. The molecule has 2 aromatic heterocycles. The number of nitrogens with one attached hydrogen (secondary N) is 1. The van der Waals surface area contributed by atoms with Gasteiger partial charge in [-0.2, -0.15) is 0 Å². The highest BCUT2D eigenvalue weighted by atomic mass is 127. The van der Waals surface area contributed by atoms with Gasteiger partial charge in [0.1, 0.15) is 5.82 Å². The molecule has 146 valence electrons. The van der Waals surface area contributed by atoms with Crippen LogP contribution in [0.15, 0.2) is 41.6 Å². The third-order valence-corrected chi connectivity index (χ3v) is 6.61. The maximum atomic E-state index is 12.4. The molecule has 6 nitrogen and oxygen atoms in total. The molecule has 2 heterocycles. The van der Waals surface area contributed by atoms with Crippen LogP contribution in [0.2, 0.25) is 4.34 Å². The van der Waals surface area contributed by atoms with Crippen molar-refractivity contribution in [1.82, 2.24) is 20.1 Å². The normalized spacial score (nSPS) is 10.8. The molecule has 0 fully saturated rings. The number of halogens is 2. The van der Waals surface area contributed by atoms with Gasteiger partial charge in [-0.15, -0.1) is 21.5 Å². The molecule has 28 heavy (non-hydrogen) atoms. The minimum atomic E-state index is -0.0878. The maximum Gasteiger partial charge on any atom is 0.216 e. The number of carbonyl (C=O) groups is 2. The molecule has 0 unspecified atom stereocenters. The fourth-order valence-electron chi connectivity index (χ4n) is 2.42. The minimum absolute atomic E-state index is 0.00106. The second-order valence-electron chi connectivity index (χ2n) is 5.76. The highest BCUT2D eigenvalue weighted by Crippen LogP contribution is 2.26. The van der Waals surface area contributed by atoms with Crippen LogP contribution >= 0.6 is 57.3 Å². The summed E-state index contributed by atoms with van der Waals surface area (Å²) in [5.74, 6) is 0.878. The fraction of sp³-hybridized carbons (Fsp3) is 0.222. The predicted octanol–water partition coefficient (Wildman–Crippen LogP) is 4.24. The topological polar surface area (TPSA) is 76.9 Å². The number of hydrogen-bond donors (Lipinski definition) is 1. The van der Waals surface area contributed by atoms with E-state index < -0.39 is 0 Å². The maximum absolute atomic E-state index is 12.4. The van der Waals surface area contributed by atoms with Crippen LogP contribution in [0.1, 0.15) is 22.4 Å². The van der Waals surface area contributed by atoms with Gasteiger partial charge in [0.25, 0.3) is 0 Å². The molecule has 1 aromatic carbocycles. The van der Waals surface area contributed by atoms with E-state index in [2.05, 4.69) is 38.1 Å². The largest absolute Gasteiger partial charge is 0.356 e. The number of amides is 1. The molecule has 0 radical (unpaired) electrons. The molecule has 3 aromatic rings. The zero-order chi connectivity index (χ0) is 20.1. The molecule has 1 amide bonds. The number of thioether (sulfide) groups is 1. The lowest BCUT2D eigenvalue weighted by atomic mass is 10.3. The van der Waals surface area contributed by atoms with E-state index in [0.717, 1.165) is 15.1 Å². The Bertz CT molecular complexity index is 988. The average Bonchev–Trinajstić information content (AvgIpc) is 3.27. The molecule has 10 heteroatoms. The van der Waals surface area contributed by atoms with Crippen molar-refractivity contribution < 1.29 is 9.59 Å². The van der Waals surface area contributed by atoms with Gasteiger partial charge in [0.05, 0.1) is 15.0 Å². The second-order valence-corrected chi connectivity index (χ2v) is 9.66. The van der Waals surface area contributed by atoms with Crippen molar-refractivity contribution in [3.05, 3.63) is 55.0 Å². The zero-order valence-electron chi connectivity index (χ0n) is 14.8. The monoisotopic (exact) mass is 546 g/mol. The van der Waals surface area contributed by atoms with E-state index in [0.29, 0.717) is 27.3 Å². The van der Waals surface area contributed by atoms with Crippen molar-refractivity contribution in [3.63, 3.8) is 0 Å². The molecule has 1 N–H and O–H groups in total. The Labute approximate surface area is 189 Å². The van der Waals surface area contributed by atoms with Crippen molar-refractivity contribution in [1.29, 1.82) is 0 Å². The lowest BCUT2D eigenvalue weighted by molar-refractivity contribution is -0.118. The number of Topliss-reactive ketones (excluding diaryl/α,β-unsaturated/α-hetero) is 1. The zero-order valence-corrected chi connectivity index (χ0v) is 19.4. The highest BCUT2D eigenvalue weighted by Gasteiger charge is 2.17. The SMILES string of the molecule is CC(=O)NCCc1nnc(SCC(=O)c2ccc(Cl)s2)n1-c1ccc(I)cc1. The van der Waals surface area contributed by atoms with Crippen LogP contribution in [-0.2, 0) is 11.2 Å². The average molecular weight is 547 g/mol. The van der Waals surface area contributed by atoms with E-state index >= 15 is 0 Å². The van der Waals surface area contributed by atoms with Crippen molar-refractivity contribution >= 4 is 69.0 Å². The molecule has 0 bridgehead atoms. The molecule has 0 aliphatic rings. The van der Waals surface area contributed by atoms with Gasteiger partial charge in [0.15, 0.2) is 10.9 Å². The van der Waals surface area contributed by atoms with Gasteiger partial charge in [-0.25, -0.2) is 0 Å². The first-order valence-electron chi connectivity index (χ1n) is 8.30. The Hall–Kier alpha value is -1.43. The standard InChI is InChI=1S/C18H16ClIN4O2S2/c1-11(25)21-9-8-17-22-23-18(24(17)13-4-2-12(20)3-5-13)27-10-14(26)15-6-7-16(19)28-15/h2-7H,8-10H2,1H3,(H,21,25). The van der Waals surface area contributed by atoms with Crippen molar-refractivity contribution in [2.75, 3.05) is 12.3 Å². The number of thiophene rings is 1. The van der Waals surface area contributed by atoms with E-state index in [1.54, 1.807) is 12.1 Å². The van der Waals surface area contributed by atoms with Gasteiger partial charge in [-0.1, -0.05) is 23.4 Å². The third-order valence-electron chi connectivity index (χ3n) is 3.69. The summed E-state index contributed by atoms with van der Waals surface area (Å²) >= 11 is 10.8. The molecule has 0 atom stereocenters. The Morgan fingerprint density at radius 3 is 2.61 bits per heavy atom. The van der Waals surface area contributed by atoms with Gasteiger partial charge in [0, 0.05) is 29.1 Å². The van der Waals surface area contributed by atoms with Gasteiger partial charge < -0.3 is 5.32 Å². The number of carbonyl (C=O) groups excluding carboxylic acids is 2. The number of rotatable bonds is 8. The molecule has 0 aliphatic heterocycles. The van der Waals surface area contributed by atoms with Crippen molar-refractivity contribution in [2.45, 2.75) is 18.5 Å². The Kier molecular flexibility index (Phi) is 7.49. The lowest BCUT2D eigenvalue weighted by Gasteiger charge is -2.10. The summed E-state index contributed by atoms with van der Waals surface area (Å²) in [6.45, 7) is 1.95. The van der Waals surface area contributed by atoms with Gasteiger partial charge in [-0.05, 0) is 59.0 Å². The first-order chi connectivity index (χ1) is 13.4. The Morgan fingerprint density at radius 1 is 1.21 bits per heavy atom. The van der Waals surface area contributed by atoms with Crippen LogP contribution in [-0.4, -0.2) is 38.8 Å². The number of benzene rings is 1. The summed E-state index contributed by atoms with van der Waals surface area (Å²) in [6, 6.07) is 11.4. The molecule has 0 saturated carbocycles. The van der Waals surface area contributed by atoms with E-state index in [-0.39, 0.29) is 17.4 Å². The van der Waals surface area contributed by atoms with Crippen LogP contribution in [0.4, 0.5) is 0 Å². The third kappa shape index (κ3) is 5.56. The van der Waals surface area contributed by atoms with Crippen molar-refractivity contribution in [3.8, 4) is 5.69 Å². The van der Waals surface area contributed by atoms with Crippen LogP contribution < -0.4 is 5.32 Å². The van der Waals surface area contributed by atoms with Gasteiger partial charge >= 0.3 is 0 Å². The molecular formula is C18H16ClIN4O2S2. The summed E-state index contributed by atoms with van der Waals surface area (Å²) in [6.07, 6.45) is 0.535. The second kappa shape index (κ2) is 9.86. The number of nitrogens with zero attached hydrogens (tertiary/aromatic N) is 3. The van der Waals surface area contributed by atoms with E-state index in [4.69, 9.17) is 11.6 Å². The lowest BCUT2D eigenvalue weighted by Crippen LogP contribution is -2.23. The van der Waals surface area contributed by atoms with Crippen LogP contribution in [0.5, 0.6) is 0 Å². The fourth-order valence-corrected chi connectivity index (χ4v) is 4.71. The molecule has 0 spiro atoms. The van der Waals surface area contributed by atoms with Crippen LogP contribution in [0.25, 0.3) is 5.69 Å². The van der Waals surface area contributed by atoms with E-state index in [1.807, 2.05) is 28.8 Å². The summed E-state index contributed by atoms with van der Waals surface area (Å²) < 4.78 is 3.64. The number of hydrogen-bond acceptors (Lipinski definition) is 6. The highest BCUT2D eigenvalue weighted by molar-refractivity contribution is 14.1. The van der Waals surface area contributed by atoms with E-state index in [9.17, 15) is 9.59 Å². The van der Waals surface area contributed by atoms with Gasteiger partial charge in [0.2, 0.25) is 5.91 Å². The molecular weight excluding hydrogens is 531 g/mol.